The average molecular weight is 242 g/mol. The molecule has 1 rings (SSSR count). The van der Waals surface area contributed by atoms with E-state index >= 15 is 0 Å². The van der Waals surface area contributed by atoms with Gasteiger partial charge in [0.1, 0.15) is 6.04 Å². The van der Waals surface area contributed by atoms with Crippen molar-refractivity contribution in [2.24, 2.45) is 11.3 Å². The summed E-state index contributed by atoms with van der Waals surface area (Å²) in [5.74, 6) is -2.09. The second-order valence-corrected chi connectivity index (χ2v) is 5.35. The van der Waals surface area contributed by atoms with Crippen molar-refractivity contribution in [3.63, 3.8) is 0 Å². The Kier molecular flexibility index (Phi) is 3.75. The zero-order valence-corrected chi connectivity index (χ0v) is 10.2. The van der Waals surface area contributed by atoms with Gasteiger partial charge in [0, 0.05) is 13.0 Å². The van der Waals surface area contributed by atoms with Gasteiger partial charge in [0.25, 0.3) is 0 Å². The number of hydrogen-bond acceptors (Lipinski definition) is 3. The van der Waals surface area contributed by atoms with Crippen molar-refractivity contribution in [2.45, 2.75) is 33.2 Å². The molecular weight excluding hydrogens is 224 g/mol. The molecule has 1 fully saturated rings. The van der Waals surface area contributed by atoms with E-state index < -0.39 is 23.3 Å². The normalized spacial score (nSPS) is 21.8. The molecule has 2 atom stereocenters. The largest absolute Gasteiger partial charge is 0.480 e. The van der Waals surface area contributed by atoms with Crippen LogP contribution in [-0.4, -0.2) is 35.5 Å². The first kappa shape index (κ1) is 13.5. The molecule has 1 aliphatic heterocycles. The highest BCUT2D eigenvalue weighted by atomic mass is 16.4. The molecule has 0 aliphatic carbocycles. The van der Waals surface area contributed by atoms with Crippen molar-refractivity contribution in [2.75, 3.05) is 6.54 Å². The number of carbonyl (C=O) groups is 3. The molecule has 0 spiro atoms. The molecule has 3 N–H and O–H groups in total. The van der Waals surface area contributed by atoms with Crippen molar-refractivity contribution >= 4 is 17.8 Å². The zero-order chi connectivity index (χ0) is 13.2. The third kappa shape index (κ3) is 3.44. The highest BCUT2D eigenvalue weighted by Gasteiger charge is 2.36. The van der Waals surface area contributed by atoms with Crippen LogP contribution in [0.4, 0.5) is 0 Å². The van der Waals surface area contributed by atoms with Crippen molar-refractivity contribution in [3.05, 3.63) is 0 Å². The summed E-state index contributed by atoms with van der Waals surface area (Å²) in [6.07, 6.45) is 0.127. The van der Waals surface area contributed by atoms with E-state index in [0.717, 1.165) is 0 Å². The average Bonchev–Trinajstić information content (AvgIpc) is 2.58. The molecule has 0 bridgehead atoms. The Labute approximate surface area is 99.8 Å². The summed E-state index contributed by atoms with van der Waals surface area (Å²) in [5, 5.41) is 14.1. The first-order chi connectivity index (χ1) is 7.71. The summed E-state index contributed by atoms with van der Waals surface area (Å²) in [6, 6.07) is -0.953. The molecule has 1 unspecified atom stereocenters. The third-order valence-corrected chi connectivity index (χ3v) is 2.75. The standard InChI is InChI=1S/C11H18N2O4/c1-11(2,3)8(10(16)17)13-9(15)6-4-7(14)12-5-6/h6,8H,4-5H2,1-3H3,(H,12,14)(H,13,15)(H,16,17)/t6?,8-/m0/s1. The molecule has 6 heteroatoms. The number of carboxylic acid groups (broad SMARTS) is 1. The maximum absolute atomic E-state index is 11.8. The lowest BCUT2D eigenvalue weighted by Crippen LogP contribution is -2.51. The summed E-state index contributed by atoms with van der Waals surface area (Å²) in [5.41, 5.74) is -0.572. The summed E-state index contributed by atoms with van der Waals surface area (Å²) in [7, 11) is 0. The Bertz CT molecular complexity index is 346. The van der Waals surface area contributed by atoms with Crippen LogP contribution in [0.25, 0.3) is 0 Å². The molecule has 6 nitrogen and oxygen atoms in total. The molecule has 0 radical (unpaired) electrons. The van der Waals surface area contributed by atoms with Crippen molar-refractivity contribution in [3.8, 4) is 0 Å². The van der Waals surface area contributed by atoms with Gasteiger partial charge in [-0.2, -0.15) is 0 Å². The number of aliphatic carboxylic acids is 1. The number of amides is 2. The van der Waals surface area contributed by atoms with E-state index in [2.05, 4.69) is 10.6 Å². The van der Waals surface area contributed by atoms with Gasteiger partial charge < -0.3 is 15.7 Å². The number of hydrogen-bond donors (Lipinski definition) is 3. The first-order valence-corrected chi connectivity index (χ1v) is 5.51. The van der Waals surface area contributed by atoms with Gasteiger partial charge in [0.05, 0.1) is 5.92 Å². The summed E-state index contributed by atoms with van der Waals surface area (Å²) in [4.78, 5) is 33.8. The third-order valence-electron chi connectivity index (χ3n) is 2.75. The molecule has 17 heavy (non-hydrogen) atoms. The van der Waals surface area contributed by atoms with Crippen LogP contribution in [0.3, 0.4) is 0 Å². The molecule has 0 aromatic rings. The molecule has 0 aromatic carbocycles. The highest BCUT2D eigenvalue weighted by molar-refractivity contribution is 5.91. The topological polar surface area (TPSA) is 95.5 Å². The molecule has 1 saturated heterocycles. The van der Waals surface area contributed by atoms with Crippen LogP contribution in [0.5, 0.6) is 0 Å². The summed E-state index contributed by atoms with van der Waals surface area (Å²) in [6.45, 7) is 5.50. The van der Waals surface area contributed by atoms with Crippen LogP contribution in [0, 0.1) is 11.3 Å². The number of rotatable bonds is 3. The predicted octanol–water partition coefficient (Wildman–Crippen LogP) is -0.262. The van der Waals surface area contributed by atoms with Gasteiger partial charge >= 0.3 is 5.97 Å². The van der Waals surface area contributed by atoms with Crippen LogP contribution in [0.1, 0.15) is 27.2 Å². The fraction of sp³-hybridized carbons (Fsp3) is 0.727. The molecule has 0 saturated carbocycles. The Morgan fingerprint density at radius 1 is 1.47 bits per heavy atom. The number of carbonyl (C=O) groups excluding carboxylic acids is 2. The van der Waals surface area contributed by atoms with Gasteiger partial charge in [0.15, 0.2) is 0 Å². The van der Waals surface area contributed by atoms with Gasteiger partial charge in [-0.05, 0) is 5.41 Å². The monoisotopic (exact) mass is 242 g/mol. The molecule has 96 valence electrons. The van der Waals surface area contributed by atoms with Gasteiger partial charge in [0.2, 0.25) is 11.8 Å². The van der Waals surface area contributed by atoms with Crippen LogP contribution in [-0.2, 0) is 14.4 Å². The molecule has 1 heterocycles. The minimum Gasteiger partial charge on any atom is -0.480 e. The van der Waals surface area contributed by atoms with E-state index in [-0.39, 0.29) is 24.8 Å². The number of nitrogens with one attached hydrogen (secondary N) is 2. The van der Waals surface area contributed by atoms with Crippen molar-refractivity contribution in [1.29, 1.82) is 0 Å². The lowest BCUT2D eigenvalue weighted by molar-refractivity contribution is -0.145. The molecule has 1 aliphatic rings. The number of carboxylic acids is 1. The Balaban J connectivity index is 2.65. The van der Waals surface area contributed by atoms with E-state index in [9.17, 15) is 14.4 Å². The van der Waals surface area contributed by atoms with E-state index in [1.165, 1.54) is 0 Å². The lowest BCUT2D eigenvalue weighted by Gasteiger charge is -2.28. The summed E-state index contributed by atoms with van der Waals surface area (Å²) >= 11 is 0. The molecule has 2 amide bonds. The zero-order valence-electron chi connectivity index (χ0n) is 10.2. The lowest BCUT2D eigenvalue weighted by atomic mass is 9.86. The van der Waals surface area contributed by atoms with Crippen LogP contribution in [0.15, 0.2) is 0 Å². The Morgan fingerprint density at radius 2 is 2.06 bits per heavy atom. The molecular formula is C11H18N2O4. The Morgan fingerprint density at radius 3 is 2.41 bits per heavy atom. The van der Waals surface area contributed by atoms with Crippen LogP contribution >= 0.6 is 0 Å². The van der Waals surface area contributed by atoms with Crippen LogP contribution in [0.2, 0.25) is 0 Å². The Hall–Kier alpha value is -1.59. The smallest absolute Gasteiger partial charge is 0.326 e. The van der Waals surface area contributed by atoms with Gasteiger partial charge in [-0.25, -0.2) is 4.79 Å². The van der Waals surface area contributed by atoms with E-state index in [0.29, 0.717) is 0 Å². The SMILES string of the molecule is CC(C)(C)[C@@H](NC(=O)C1CNC(=O)C1)C(=O)O. The fourth-order valence-corrected chi connectivity index (χ4v) is 1.70. The minimum atomic E-state index is -1.07. The highest BCUT2D eigenvalue weighted by Crippen LogP contribution is 2.20. The summed E-state index contributed by atoms with van der Waals surface area (Å²) < 4.78 is 0. The maximum Gasteiger partial charge on any atom is 0.326 e. The van der Waals surface area contributed by atoms with Crippen molar-refractivity contribution < 1.29 is 19.5 Å². The van der Waals surface area contributed by atoms with E-state index in [1.807, 2.05) is 0 Å². The van der Waals surface area contributed by atoms with E-state index in [1.54, 1.807) is 20.8 Å². The van der Waals surface area contributed by atoms with Gasteiger partial charge in [-0.3, -0.25) is 9.59 Å². The van der Waals surface area contributed by atoms with Crippen molar-refractivity contribution in [1.82, 2.24) is 10.6 Å². The quantitative estimate of drug-likeness (QED) is 0.635. The fourth-order valence-electron chi connectivity index (χ4n) is 1.70. The first-order valence-electron chi connectivity index (χ1n) is 5.51. The van der Waals surface area contributed by atoms with Gasteiger partial charge in [-0.15, -0.1) is 0 Å². The van der Waals surface area contributed by atoms with Crippen LogP contribution < -0.4 is 10.6 Å². The maximum atomic E-state index is 11.8. The minimum absolute atomic E-state index is 0.127. The second-order valence-electron chi connectivity index (χ2n) is 5.35. The van der Waals surface area contributed by atoms with E-state index in [4.69, 9.17) is 5.11 Å². The predicted molar refractivity (Wildman–Crippen MR) is 60.1 cm³/mol. The van der Waals surface area contributed by atoms with Gasteiger partial charge in [-0.1, -0.05) is 20.8 Å². The molecule has 0 aromatic heterocycles. The second kappa shape index (κ2) is 4.73.